The quantitative estimate of drug-likeness (QED) is 0.354. The highest BCUT2D eigenvalue weighted by Gasteiger charge is 2.35. The number of amides is 1. The van der Waals surface area contributed by atoms with Gasteiger partial charge in [-0.2, -0.15) is 13.2 Å². The molecule has 39 heavy (non-hydrogen) atoms. The van der Waals surface area contributed by atoms with E-state index in [0.717, 1.165) is 6.20 Å². The minimum Gasteiger partial charge on any atom is -0.495 e. The number of nitrogens with zero attached hydrogens (tertiary/aromatic N) is 4. The van der Waals surface area contributed by atoms with Crippen LogP contribution in [0.1, 0.15) is 41.0 Å². The second-order valence-electron chi connectivity index (χ2n) is 9.16. The molecular formula is C26H31F3N6O3S. The Balaban J connectivity index is 1.92. The fourth-order valence-electron chi connectivity index (χ4n) is 3.65. The summed E-state index contributed by atoms with van der Waals surface area (Å²) in [4.78, 5) is 24.6. The van der Waals surface area contributed by atoms with Gasteiger partial charge in [-0.3, -0.25) is 9.10 Å². The molecule has 0 aliphatic rings. The van der Waals surface area contributed by atoms with Gasteiger partial charge in [-0.25, -0.2) is 19.2 Å². The fourth-order valence-corrected chi connectivity index (χ4v) is 4.18. The van der Waals surface area contributed by atoms with Crippen LogP contribution in [-0.2, 0) is 28.7 Å². The predicted molar refractivity (Wildman–Crippen MR) is 147 cm³/mol. The first-order valence-electron chi connectivity index (χ1n) is 11.9. The molecule has 1 amide bonds. The molecule has 0 fully saturated rings. The summed E-state index contributed by atoms with van der Waals surface area (Å²) < 4.78 is 60.6. The molecular weight excluding hydrogens is 533 g/mol. The van der Waals surface area contributed by atoms with Crippen molar-refractivity contribution in [1.29, 1.82) is 0 Å². The van der Waals surface area contributed by atoms with Crippen LogP contribution in [0.5, 0.6) is 5.75 Å². The molecule has 3 rings (SSSR count). The van der Waals surface area contributed by atoms with Gasteiger partial charge >= 0.3 is 6.18 Å². The Bertz CT molecular complexity index is 1450. The summed E-state index contributed by atoms with van der Waals surface area (Å²) in [5, 5.41) is 5.66. The van der Waals surface area contributed by atoms with Gasteiger partial charge in [0.2, 0.25) is 5.95 Å². The molecule has 0 saturated heterocycles. The van der Waals surface area contributed by atoms with Crippen LogP contribution >= 0.6 is 0 Å². The highest BCUT2D eigenvalue weighted by molar-refractivity contribution is 8.00. The maximum Gasteiger partial charge on any atom is 0.419 e. The number of methoxy groups -OCH3 is 1. The number of aromatic nitrogens is 3. The van der Waals surface area contributed by atoms with Crippen molar-refractivity contribution < 1.29 is 26.9 Å². The van der Waals surface area contributed by atoms with Gasteiger partial charge in [0.05, 0.1) is 24.1 Å². The van der Waals surface area contributed by atoms with E-state index in [1.165, 1.54) is 29.9 Å². The normalized spacial score (nSPS) is 13.1. The van der Waals surface area contributed by atoms with E-state index in [4.69, 9.17) is 4.74 Å². The van der Waals surface area contributed by atoms with E-state index >= 15 is 0 Å². The van der Waals surface area contributed by atoms with Crippen molar-refractivity contribution in [2.45, 2.75) is 38.9 Å². The molecule has 0 aliphatic carbocycles. The van der Waals surface area contributed by atoms with Crippen molar-refractivity contribution in [3.8, 4) is 5.75 Å². The van der Waals surface area contributed by atoms with Gasteiger partial charge < -0.3 is 15.4 Å². The van der Waals surface area contributed by atoms with Gasteiger partial charge in [0.1, 0.15) is 11.6 Å². The average molecular weight is 565 g/mol. The van der Waals surface area contributed by atoms with E-state index in [2.05, 4.69) is 31.5 Å². The number of carbonyl (C=O) groups is 1. The van der Waals surface area contributed by atoms with Gasteiger partial charge in [0.25, 0.3) is 5.91 Å². The van der Waals surface area contributed by atoms with Crippen LogP contribution in [0.25, 0.3) is 0 Å². The topological polar surface area (TPSA) is 109 Å². The van der Waals surface area contributed by atoms with Gasteiger partial charge in [-0.05, 0) is 62.4 Å². The predicted octanol–water partition coefficient (Wildman–Crippen LogP) is 4.26. The van der Waals surface area contributed by atoms with Crippen molar-refractivity contribution in [2.24, 2.45) is 0 Å². The van der Waals surface area contributed by atoms with Crippen LogP contribution in [0.2, 0.25) is 0 Å². The molecule has 0 bridgehead atoms. The largest absolute Gasteiger partial charge is 0.495 e. The summed E-state index contributed by atoms with van der Waals surface area (Å²) in [5.74, 6) is 3.94. The maximum atomic E-state index is 13.8. The number of anilines is 3. The Kier molecular flexibility index (Phi) is 9.05. The number of carbonyl (C=O) groups excluding carboxylic acids is 1. The molecule has 2 heterocycles. The molecule has 0 radical (unpaired) electrons. The summed E-state index contributed by atoms with van der Waals surface area (Å²) in [6.07, 6.45) is -0.923. The van der Waals surface area contributed by atoms with Crippen LogP contribution in [0.15, 0.2) is 42.7 Å². The standard InChI is InChI=1S/C26H31F3N6O3S/c1-16(2)32-24(36)18-10-12-21(22(14-18)38-4)34-25-31-15-19(26(27,28)29)20(33-25)11-9-17-8-7-13-30-23(17)35(3)39(5,6)37/h7-8,10,12-16H,5,9,11H2,1-4,6H3,(H,32,36)(H,31,33,34). The molecule has 9 nitrogen and oxygen atoms in total. The third-order valence-corrected chi connectivity index (χ3v) is 7.01. The Morgan fingerprint density at radius 2 is 1.92 bits per heavy atom. The Hall–Kier alpha value is -3.87. The third-order valence-electron chi connectivity index (χ3n) is 5.68. The zero-order valence-corrected chi connectivity index (χ0v) is 23.1. The van der Waals surface area contributed by atoms with E-state index < -0.39 is 21.4 Å². The Morgan fingerprint density at radius 1 is 1.21 bits per heavy atom. The fraction of sp³-hybridized carbons (Fsp3) is 0.346. The number of halogens is 3. The number of alkyl halides is 3. The number of pyridine rings is 1. The van der Waals surface area contributed by atoms with Crippen molar-refractivity contribution in [3.63, 3.8) is 0 Å². The van der Waals surface area contributed by atoms with Crippen LogP contribution in [0.4, 0.5) is 30.6 Å². The van der Waals surface area contributed by atoms with E-state index in [9.17, 15) is 22.2 Å². The first-order chi connectivity index (χ1) is 18.2. The van der Waals surface area contributed by atoms with Crippen LogP contribution in [0.3, 0.4) is 0 Å². The second kappa shape index (κ2) is 11.9. The third kappa shape index (κ3) is 7.59. The Morgan fingerprint density at radius 3 is 2.54 bits per heavy atom. The minimum atomic E-state index is -4.67. The first kappa shape index (κ1) is 29.7. The molecule has 1 aromatic carbocycles. The lowest BCUT2D eigenvalue weighted by molar-refractivity contribution is -0.138. The number of rotatable bonds is 10. The minimum absolute atomic E-state index is 0.0619. The van der Waals surface area contributed by atoms with Crippen LogP contribution in [-0.4, -0.2) is 57.4 Å². The number of hydrogen-bond acceptors (Lipinski definition) is 7. The van der Waals surface area contributed by atoms with Crippen LogP contribution in [0, 0.1) is 0 Å². The molecule has 1 atom stereocenters. The van der Waals surface area contributed by atoms with E-state index in [1.54, 1.807) is 31.3 Å². The summed E-state index contributed by atoms with van der Waals surface area (Å²) >= 11 is 0. The first-order valence-corrected chi connectivity index (χ1v) is 14.0. The summed E-state index contributed by atoms with van der Waals surface area (Å²) in [5.41, 5.74) is 0.132. The van der Waals surface area contributed by atoms with Crippen molar-refractivity contribution >= 4 is 38.9 Å². The summed E-state index contributed by atoms with van der Waals surface area (Å²) in [7, 11) is 0.342. The number of nitrogens with one attached hydrogen (secondary N) is 2. The van der Waals surface area contributed by atoms with Gasteiger partial charge in [-0.15, -0.1) is 0 Å². The summed E-state index contributed by atoms with van der Waals surface area (Å²) in [6.45, 7) is 3.67. The summed E-state index contributed by atoms with van der Waals surface area (Å²) in [6, 6.07) is 7.94. The molecule has 210 valence electrons. The molecule has 0 aliphatic heterocycles. The smallest absolute Gasteiger partial charge is 0.419 e. The van der Waals surface area contributed by atoms with Gasteiger partial charge in [0, 0.05) is 47.0 Å². The molecule has 13 heteroatoms. The molecule has 0 spiro atoms. The number of hydrogen-bond donors (Lipinski definition) is 2. The van der Waals surface area contributed by atoms with E-state index in [-0.39, 0.29) is 42.2 Å². The molecule has 1 unspecified atom stereocenters. The average Bonchev–Trinajstić information content (AvgIpc) is 2.85. The van der Waals surface area contributed by atoms with Crippen molar-refractivity contribution in [3.05, 3.63) is 65.1 Å². The zero-order chi connectivity index (χ0) is 29.0. The van der Waals surface area contributed by atoms with Crippen molar-refractivity contribution in [2.75, 3.05) is 30.0 Å². The number of aryl methyl sites for hydroxylation is 2. The molecule has 3 aromatic rings. The lowest BCUT2D eigenvalue weighted by atomic mass is 10.1. The van der Waals surface area contributed by atoms with Crippen molar-refractivity contribution in [1.82, 2.24) is 20.3 Å². The van der Waals surface area contributed by atoms with E-state index in [0.29, 0.717) is 22.6 Å². The second-order valence-corrected chi connectivity index (χ2v) is 11.6. The lowest BCUT2D eigenvalue weighted by Crippen LogP contribution is -2.30. The van der Waals surface area contributed by atoms with E-state index in [1.807, 2.05) is 13.8 Å². The van der Waals surface area contributed by atoms with Gasteiger partial charge in [-0.1, -0.05) is 6.07 Å². The highest BCUT2D eigenvalue weighted by Crippen LogP contribution is 2.33. The molecule has 2 aromatic heterocycles. The lowest BCUT2D eigenvalue weighted by Gasteiger charge is -2.22. The highest BCUT2D eigenvalue weighted by atomic mass is 32.2. The molecule has 2 N–H and O–H groups in total. The van der Waals surface area contributed by atoms with Gasteiger partial charge in [0.15, 0.2) is 0 Å². The zero-order valence-electron chi connectivity index (χ0n) is 22.3. The maximum absolute atomic E-state index is 13.8. The monoisotopic (exact) mass is 564 g/mol. The van der Waals surface area contributed by atoms with Crippen LogP contribution < -0.4 is 19.7 Å². The number of benzene rings is 1. The SMILES string of the molecule is C=S(C)(=O)N(C)c1ncccc1CCc1nc(Nc2ccc(C(=O)NC(C)C)cc2OC)ncc1C(F)(F)F. The Labute approximate surface area is 226 Å². The molecule has 0 saturated carbocycles. The number of ether oxygens (including phenoxy) is 1.